The Balaban J connectivity index is 2.01. The Morgan fingerprint density at radius 2 is 1.94 bits per heavy atom. The molecule has 1 unspecified atom stereocenters. The molecule has 3 heteroatoms. The summed E-state index contributed by atoms with van der Waals surface area (Å²) in [5, 5.41) is 12.8. The van der Waals surface area contributed by atoms with Crippen LogP contribution in [0, 0.1) is 0 Å². The van der Waals surface area contributed by atoms with Gasteiger partial charge >= 0.3 is 5.97 Å². The van der Waals surface area contributed by atoms with E-state index in [-0.39, 0.29) is 5.54 Å². The van der Waals surface area contributed by atoms with Crippen LogP contribution in [0.1, 0.15) is 44.1 Å². The van der Waals surface area contributed by atoms with Crippen LogP contribution in [0.25, 0.3) is 0 Å². The van der Waals surface area contributed by atoms with Crippen LogP contribution >= 0.6 is 0 Å². The van der Waals surface area contributed by atoms with Crippen LogP contribution in [-0.2, 0) is 4.79 Å². The Bertz CT molecular complexity index is 396. The van der Waals surface area contributed by atoms with Gasteiger partial charge in [0.2, 0.25) is 0 Å². The average Bonchev–Trinajstić information content (AvgIpc) is 2.78. The molecule has 0 spiro atoms. The first-order valence-electron chi connectivity index (χ1n) is 6.63. The molecule has 1 aromatic carbocycles. The third kappa shape index (κ3) is 3.10. The largest absolute Gasteiger partial charge is 0.481 e. The molecule has 3 nitrogen and oxygen atoms in total. The normalized spacial score (nSPS) is 19.6. The van der Waals surface area contributed by atoms with Crippen LogP contribution in [0.5, 0.6) is 0 Å². The molecular weight excluding hydrogens is 226 g/mol. The minimum atomic E-state index is -0.754. The van der Waals surface area contributed by atoms with E-state index < -0.39 is 11.9 Å². The van der Waals surface area contributed by atoms with Crippen molar-refractivity contribution in [1.82, 2.24) is 5.32 Å². The molecule has 1 aliphatic carbocycles. The predicted molar refractivity (Wildman–Crippen MR) is 71.7 cm³/mol. The third-order valence-electron chi connectivity index (χ3n) is 3.94. The van der Waals surface area contributed by atoms with E-state index in [1.165, 1.54) is 12.8 Å². The van der Waals surface area contributed by atoms with Crippen molar-refractivity contribution in [2.24, 2.45) is 0 Å². The second-order valence-electron chi connectivity index (χ2n) is 5.45. The molecule has 98 valence electrons. The summed E-state index contributed by atoms with van der Waals surface area (Å²) in [5.74, 6) is -1.21. The number of aliphatic carboxylic acids is 1. The van der Waals surface area contributed by atoms with E-state index >= 15 is 0 Å². The molecule has 1 aromatic rings. The summed E-state index contributed by atoms with van der Waals surface area (Å²) < 4.78 is 0. The maximum absolute atomic E-state index is 11.4. The first-order valence-corrected chi connectivity index (χ1v) is 6.63. The van der Waals surface area contributed by atoms with Crippen LogP contribution in [0.3, 0.4) is 0 Å². The van der Waals surface area contributed by atoms with Gasteiger partial charge in [-0.25, -0.2) is 0 Å². The van der Waals surface area contributed by atoms with E-state index in [2.05, 4.69) is 12.2 Å². The van der Waals surface area contributed by atoms with Gasteiger partial charge in [0.25, 0.3) is 0 Å². The van der Waals surface area contributed by atoms with Crippen molar-refractivity contribution in [1.29, 1.82) is 0 Å². The van der Waals surface area contributed by atoms with Crippen LogP contribution < -0.4 is 5.32 Å². The molecule has 0 heterocycles. The first-order chi connectivity index (χ1) is 8.61. The Hall–Kier alpha value is -1.35. The maximum Gasteiger partial charge on any atom is 0.312 e. The molecule has 0 radical (unpaired) electrons. The van der Waals surface area contributed by atoms with Gasteiger partial charge in [-0.2, -0.15) is 0 Å². The van der Waals surface area contributed by atoms with Gasteiger partial charge in [-0.05, 0) is 25.3 Å². The molecule has 18 heavy (non-hydrogen) atoms. The number of hydrogen-bond donors (Lipinski definition) is 2. The Morgan fingerprint density at radius 3 is 2.50 bits per heavy atom. The first kappa shape index (κ1) is 13.1. The van der Waals surface area contributed by atoms with Crippen LogP contribution in [-0.4, -0.2) is 23.2 Å². The fourth-order valence-corrected chi connectivity index (χ4v) is 2.71. The molecule has 0 aromatic heterocycles. The fourth-order valence-electron chi connectivity index (χ4n) is 2.71. The van der Waals surface area contributed by atoms with Crippen molar-refractivity contribution < 1.29 is 9.90 Å². The minimum Gasteiger partial charge on any atom is -0.481 e. The van der Waals surface area contributed by atoms with E-state index in [1.54, 1.807) is 0 Å². The fraction of sp³-hybridized carbons (Fsp3) is 0.533. The van der Waals surface area contributed by atoms with Gasteiger partial charge < -0.3 is 10.4 Å². The Labute approximate surface area is 108 Å². The zero-order valence-electron chi connectivity index (χ0n) is 10.9. The molecule has 2 N–H and O–H groups in total. The molecule has 1 saturated carbocycles. The van der Waals surface area contributed by atoms with Crippen LogP contribution in [0.4, 0.5) is 0 Å². The topological polar surface area (TPSA) is 49.3 Å². The highest BCUT2D eigenvalue weighted by molar-refractivity contribution is 5.76. The van der Waals surface area contributed by atoms with E-state index in [4.69, 9.17) is 0 Å². The van der Waals surface area contributed by atoms with Gasteiger partial charge in [0, 0.05) is 12.1 Å². The molecule has 0 saturated heterocycles. The highest BCUT2D eigenvalue weighted by atomic mass is 16.4. The number of carbonyl (C=O) groups is 1. The molecule has 1 aliphatic rings. The van der Waals surface area contributed by atoms with Gasteiger partial charge in [-0.3, -0.25) is 4.79 Å². The van der Waals surface area contributed by atoms with Gasteiger partial charge in [-0.15, -0.1) is 0 Å². The molecule has 1 atom stereocenters. The van der Waals surface area contributed by atoms with E-state index in [0.29, 0.717) is 6.54 Å². The monoisotopic (exact) mass is 247 g/mol. The molecule has 0 bridgehead atoms. The summed E-state index contributed by atoms with van der Waals surface area (Å²) in [7, 11) is 0. The summed E-state index contributed by atoms with van der Waals surface area (Å²) in [6, 6.07) is 9.47. The number of nitrogens with one attached hydrogen (secondary N) is 1. The number of rotatable bonds is 5. The standard InChI is InChI=1S/C15H21NO2/c1-15(9-5-6-10-15)16-11-13(14(17)18)12-7-3-2-4-8-12/h2-4,7-8,13,16H,5-6,9-11H2,1H3,(H,17,18). The second kappa shape index (κ2) is 5.53. The molecule has 0 aliphatic heterocycles. The SMILES string of the molecule is CC1(NCC(C(=O)O)c2ccccc2)CCCC1. The third-order valence-corrected chi connectivity index (χ3v) is 3.94. The van der Waals surface area contributed by atoms with Crippen LogP contribution in [0.15, 0.2) is 30.3 Å². The Kier molecular flexibility index (Phi) is 4.02. The van der Waals surface area contributed by atoms with E-state index in [9.17, 15) is 9.90 Å². The molecule has 0 amide bonds. The molecular formula is C15H21NO2. The Morgan fingerprint density at radius 1 is 1.33 bits per heavy atom. The maximum atomic E-state index is 11.4. The van der Waals surface area contributed by atoms with Gasteiger partial charge in [0.05, 0.1) is 5.92 Å². The van der Waals surface area contributed by atoms with Crippen molar-refractivity contribution in [3.8, 4) is 0 Å². The second-order valence-corrected chi connectivity index (χ2v) is 5.45. The molecule has 1 fully saturated rings. The summed E-state index contributed by atoms with van der Waals surface area (Å²) in [6.07, 6.45) is 4.78. The highest BCUT2D eigenvalue weighted by Crippen LogP contribution is 2.29. The summed E-state index contributed by atoms with van der Waals surface area (Å²) in [5.41, 5.74) is 1.00. The average molecular weight is 247 g/mol. The van der Waals surface area contributed by atoms with Gasteiger partial charge in [0.15, 0.2) is 0 Å². The minimum absolute atomic E-state index is 0.127. The molecule has 2 rings (SSSR count). The van der Waals surface area contributed by atoms with Crippen molar-refractivity contribution in [3.63, 3.8) is 0 Å². The predicted octanol–water partition coefficient (Wildman–Crippen LogP) is 2.78. The van der Waals surface area contributed by atoms with Gasteiger partial charge in [-0.1, -0.05) is 43.2 Å². The lowest BCUT2D eigenvalue weighted by Gasteiger charge is -2.27. The van der Waals surface area contributed by atoms with Crippen molar-refractivity contribution in [3.05, 3.63) is 35.9 Å². The lowest BCUT2D eigenvalue weighted by molar-refractivity contribution is -0.138. The zero-order valence-corrected chi connectivity index (χ0v) is 10.9. The highest BCUT2D eigenvalue weighted by Gasteiger charge is 2.30. The summed E-state index contributed by atoms with van der Waals surface area (Å²) >= 11 is 0. The van der Waals surface area contributed by atoms with Crippen molar-refractivity contribution >= 4 is 5.97 Å². The number of carboxylic acids is 1. The van der Waals surface area contributed by atoms with Crippen LogP contribution in [0.2, 0.25) is 0 Å². The van der Waals surface area contributed by atoms with Gasteiger partial charge in [0.1, 0.15) is 0 Å². The van der Waals surface area contributed by atoms with Crippen molar-refractivity contribution in [2.45, 2.75) is 44.1 Å². The van der Waals surface area contributed by atoms with E-state index in [1.807, 2.05) is 30.3 Å². The smallest absolute Gasteiger partial charge is 0.312 e. The summed E-state index contributed by atoms with van der Waals surface area (Å²) in [4.78, 5) is 11.4. The number of benzene rings is 1. The zero-order chi connectivity index (χ0) is 13.0. The summed E-state index contributed by atoms with van der Waals surface area (Å²) in [6.45, 7) is 2.71. The van der Waals surface area contributed by atoms with Crippen molar-refractivity contribution in [2.75, 3.05) is 6.54 Å². The quantitative estimate of drug-likeness (QED) is 0.841. The number of hydrogen-bond acceptors (Lipinski definition) is 2. The number of carboxylic acid groups (broad SMARTS) is 1. The lowest BCUT2D eigenvalue weighted by Crippen LogP contribution is -2.42. The van der Waals surface area contributed by atoms with E-state index in [0.717, 1.165) is 18.4 Å². The lowest BCUT2D eigenvalue weighted by atomic mass is 9.95.